The van der Waals surface area contributed by atoms with Crippen LogP contribution >= 0.6 is 0 Å². The van der Waals surface area contributed by atoms with Crippen molar-refractivity contribution >= 4 is 11.6 Å². The van der Waals surface area contributed by atoms with Gasteiger partial charge < -0.3 is 19.4 Å². The van der Waals surface area contributed by atoms with Crippen LogP contribution in [0, 0.1) is 0 Å². The average Bonchev–Trinajstić information content (AvgIpc) is 3.28. The summed E-state index contributed by atoms with van der Waals surface area (Å²) in [5.41, 5.74) is 0.922. The standard InChI is InChI=1S/C21H25N5O2/c1-2-12-26(11-1)20-8-9-22-21(24-20)23-18-4-6-19(7-5-18)28-15-3-10-25-13-16-27-17-14-25/h1-2,4-9,11-12H,3,10,13-17H2,(H,22,23,24). The second-order valence-corrected chi connectivity index (χ2v) is 6.63. The quantitative estimate of drug-likeness (QED) is 0.607. The molecule has 1 aromatic carbocycles. The Bertz CT molecular complexity index is 845. The van der Waals surface area contributed by atoms with Crippen LogP contribution < -0.4 is 10.1 Å². The molecule has 1 saturated heterocycles. The smallest absolute Gasteiger partial charge is 0.229 e. The third kappa shape index (κ3) is 5.09. The Morgan fingerprint density at radius 1 is 1.04 bits per heavy atom. The van der Waals surface area contributed by atoms with E-state index in [1.807, 2.05) is 59.4 Å². The third-order valence-electron chi connectivity index (χ3n) is 4.61. The maximum absolute atomic E-state index is 5.85. The fourth-order valence-electron chi connectivity index (χ4n) is 3.11. The SMILES string of the molecule is c1ccn(-c2ccnc(Nc3ccc(OCCCN4CCOCC4)cc3)n2)c1. The Morgan fingerprint density at radius 3 is 2.61 bits per heavy atom. The highest BCUT2D eigenvalue weighted by Crippen LogP contribution is 2.19. The van der Waals surface area contributed by atoms with Gasteiger partial charge in [0.1, 0.15) is 11.6 Å². The highest BCUT2D eigenvalue weighted by atomic mass is 16.5. The van der Waals surface area contributed by atoms with E-state index in [1.54, 1.807) is 6.20 Å². The van der Waals surface area contributed by atoms with E-state index in [-0.39, 0.29) is 0 Å². The molecule has 7 nitrogen and oxygen atoms in total. The van der Waals surface area contributed by atoms with Crippen molar-refractivity contribution < 1.29 is 9.47 Å². The minimum atomic E-state index is 0.561. The van der Waals surface area contributed by atoms with Gasteiger partial charge in [0.05, 0.1) is 19.8 Å². The predicted octanol–water partition coefficient (Wildman–Crippen LogP) is 3.11. The Hall–Kier alpha value is -2.90. The van der Waals surface area contributed by atoms with E-state index in [0.29, 0.717) is 12.6 Å². The van der Waals surface area contributed by atoms with E-state index in [0.717, 1.165) is 56.5 Å². The van der Waals surface area contributed by atoms with E-state index >= 15 is 0 Å². The molecular formula is C21H25N5O2. The van der Waals surface area contributed by atoms with Crippen LogP contribution in [-0.2, 0) is 4.74 Å². The fourth-order valence-corrected chi connectivity index (χ4v) is 3.11. The second-order valence-electron chi connectivity index (χ2n) is 6.63. The molecule has 3 aromatic rings. The van der Waals surface area contributed by atoms with E-state index in [1.165, 1.54) is 0 Å². The molecule has 1 fully saturated rings. The van der Waals surface area contributed by atoms with Crippen molar-refractivity contribution in [1.29, 1.82) is 0 Å². The van der Waals surface area contributed by atoms with Crippen LogP contribution in [0.1, 0.15) is 6.42 Å². The van der Waals surface area contributed by atoms with Gasteiger partial charge in [-0.1, -0.05) is 0 Å². The number of hydrogen-bond donors (Lipinski definition) is 1. The van der Waals surface area contributed by atoms with Crippen LogP contribution in [-0.4, -0.2) is 58.9 Å². The molecule has 0 unspecified atom stereocenters. The van der Waals surface area contributed by atoms with Gasteiger partial charge >= 0.3 is 0 Å². The van der Waals surface area contributed by atoms with Crippen LogP contribution in [0.2, 0.25) is 0 Å². The van der Waals surface area contributed by atoms with Crippen LogP contribution in [0.4, 0.5) is 11.6 Å². The van der Waals surface area contributed by atoms with Crippen molar-refractivity contribution in [3.8, 4) is 11.6 Å². The van der Waals surface area contributed by atoms with E-state index in [2.05, 4.69) is 20.2 Å². The van der Waals surface area contributed by atoms with E-state index in [4.69, 9.17) is 9.47 Å². The maximum Gasteiger partial charge on any atom is 0.229 e. The number of aromatic nitrogens is 3. The van der Waals surface area contributed by atoms with Gasteiger partial charge in [0.15, 0.2) is 0 Å². The Labute approximate surface area is 164 Å². The monoisotopic (exact) mass is 379 g/mol. The summed E-state index contributed by atoms with van der Waals surface area (Å²) in [4.78, 5) is 11.2. The van der Waals surface area contributed by atoms with Crippen molar-refractivity contribution in [2.75, 3.05) is 44.8 Å². The van der Waals surface area contributed by atoms with Gasteiger partial charge in [-0.2, -0.15) is 4.98 Å². The zero-order valence-electron chi connectivity index (χ0n) is 15.8. The maximum atomic E-state index is 5.85. The molecule has 1 aliphatic rings. The molecule has 146 valence electrons. The molecule has 1 aliphatic heterocycles. The number of nitrogens with zero attached hydrogens (tertiary/aromatic N) is 4. The molecule has 2 aromatic heterocycles. The topological polar surface area (TPSA) is 64.4 Å². The number of anilines is 2. The molecule has 4 rings (SSSR count). The highest BCUT2D eigenvalue weighted by molar-refractivity contribution is 5.55. The van der Waals surface area contributed by atoms with Crippen molar-refractivity contribution in [1.82, 2.24) is 19.4 Å². The summed E-state index contributed by atoms with van der Waals surface area (Å²) in [6, 6.07) is 13.7. The Kier molecular flexibility index (Phi) is 6.16. The van der Waals surface area contributed by atoms with Crippen LogP contribution in [0.5, 0.6) is 5.75 Å². The zero-order chi connectivity index (χ0) is 19.0. The molecule has 1 N–H and O–H groups in total. The Morgan fingerprint density at radius 2 is 1.82 bits per heavy atom. The fraction of sp³-hybridized carbons (Fsp3) is 0.333. The number of ether oxygens (including phenoxy) is 2. The molecule has 0 bridgehead atoms. The largest absolute Gasteiger partial charge is 0.494 e. The first-order valence-corrected chi connectivity index (χ1v) is 9.63. The zero-order valence-corrected chi connectivity index (χ0v) is 15.8. The number of rotatable bonds is 8. The molecule has 0 saturated carbocycles. The van der Waals surface area contributed by atoms with Gasteiger partial charge in [-0.15, -0.1) is 0 Å². The van der Waals surface area contributed by atoms with Crippen LogP contribution in [0.15, 0.2) is 61.1 Å². The molecular weight excluding hydrogens is 354 g/mol. The summed E-state index contributed by atoms with van der Waals surface area (Å²) in [6.45, 7) is 5.49. The summed E-state index contributed by atoms with van der Waals surface area (Å²) in [7, 11) is 0. The lowest BCUT2D eigenvalue weighted by atomic mass is 10.3. The predicted molar refractivity (Wildman–Crippen MR) is 108 cm³/mol. The Balaban J connectivity index is 1.26. The number of morpholine rings is 1. The summed E-state index contributed by atoms with van der Waals surface area (Å²) in [5.74, 6) is 2.25. The number of nitrogens with one attached hydrogen (secondary N) is 1. The van der Waals surface area contributed by atoms with Crippen molar-refractivity contribution in [2.24, 2.45) is 0 Å². The molecule has 0 radical (unpaired) electrons. The van der Waals surface area contributed by atoms with Gasteiger partial charge in [0.25, 0.3) is 0 Å². The van der Waals surface area contributed by atoms with Crippen molar-refractivity contribution in [3.05, 3.63) is 61.1 Å². The molecule has 0 amide bonds. The van der Waals surface area contributed by atoms with Gasteiger partial charge in [0, 0.05) is 43.9 Å². The molecule has 28 heavy (non-hydrogen) atoms. The van der Waals surface area contributed by atoms with Crippen LogP contribution in [0.25, 0.3) is 5.82 Å². The summed E-state index contributed by atoms with van der Waals surface area (Å²) < 4.78 is 13.2. The van der Waals surface area contributed by atoms with E-state index in [9.17, 15) is 0 Å². The van der Waals surface area contributed by atoms with Crippen molar-refractivity contribution in [3.63, 3.8) is 0 Å². The first kappa shape index (κ1) is 18.5. The van der Waals surface area contributed by atoms with Crippen molar-refractivity contribution in [2.45, 2.75) is 6.42 Å². The van der Waals surface area contributed by atoms with E-state index < -0.39 is 0 Å². The third-order valence-corrected chi connectivity index (χ3v) is 4.61. The lowest BCUT2D eigenvalue weighted by Crippen LogP contribution is -2.37. The molecule has 7 heteroatoms. The normalized spacial score (nSPS) is 14.7. The molecule has 0 aliphatic carbocycles. The molecule has 0 spiro atoms. The highest BCUT2D eigenvalue weighted by Gasteiger charge is 2.09. The minimum Gasteiger partial charge on any atom is -0.494 e. The number of hydrogen-bond acceptors (Lipinski definition) is 6. The molecule has 0 atom stereocenters. The summed E-state index contributed by atoms with van der Waals surface area (Å²) >= 11 is 0. The lowest BCUT2D eigenvalue weighted by molar-refractivity contribution is 0.0358. The van der Waals surface area contributed by atoms with Gasteiger partial charge in [-0.25, -0.2) is 4.98 Å². The van der Waals surface area contributed by atoms with Crippen LogP contribution in [0.3, 0.4) is 0 Å². The second kappa shape index (κ2) is 9.34. The average molecular weight is 379 g/mol. The lowest BCUT2D eigenvalue weighted by Gasteiger charge is -2.26. The first-order chi connectivity index (χ1) is 13.9. The summed E-state index contributed by atoms with van der Waals surface area (Å²) in [6.07, 6.45) is 6.67. The summed E-state index contributed by atoms with van der Waals surface area (Å²) in [5, 5.41) is 3.23. The first-order valence-electron chi connectivity index (χ1n) is 9.63. The van der Waals surface area contributed by atoms with Gasteiger partial charge in [-0.05, 0) is 48.9 Å². The molecule has 3 heterocycles. The van der Waals surface area contributed by atoms with Gasteiger partial charge in [0.2, 0.25) is 5.95 Å². The number of benzene rings is 1. The van der Waals surface area contributed by atoms with Gasteiger partial charge in [-0.3, -0.25) is 4.90 Å². The minimum absolute atomic E-state index is 0.561.